The van der Waals surface area contributed by atoms with Crippen LogP contribution in [-0.4, -0.2) is 17.0 Å². The maximum absolute atomic E-state index is 11.8. The third-order valence-corrected chi connectivity index (χ3v) is 3.14. The first kappa shape index (κ1) is 14.9. The first-order valence-corrected chi connectivity index (χ1v) is 6.57. The average Bonchev–Trinajstić information content (AvgIpc) is 2.99. The zero-order valence-electron chi connectivity index (χ0n) is 11.0. The van der Waals surface area contributed by atoms with Gasteiger partial charge in [0.15, 0.2) is 5.84 Å². The molecule has 0 fully saturated rings. The van der Waals surface area contributed by atoms with E-state index in [1.54, 1.807) is 24.5 Å². The molecule has 7 heteroatoms. The summed E-state index contributed by atoms with van der Waals surface area (Å²) in [6.45, 7) is 0. The van der Waals surface area contributed by atoms with Crippen molar-refractivity contribution in [1.29, 1.82) is 0 Å². The molecule has 0 atom stereocenters. The fraction of sp³-hybridized carbons (Fsp3) is 0.143. The Kier molecular flexibility index (Phi) is 4.84. The molecule has 2 aromatic rings. The van der Waals surface area contributed by atoms with Gasteiger partial charge < -0.3 is 20.7 Å². The molecule has 1 amide bonds. The van der Waals surface area contributed by atoms with Crippen molar-refractivity contribution in [3.8, 4) is 0 Å². The number of aryl methyl sites for hydroxylation is 1. The van der Waals surface area contributed by atoms with Crippen LogP contribution in [-0.2, 0) is 11.2 Å². The molecular formula is C14H14ClN3O3. The number of nitrogens with two attached hydrogens (primary N) is 1. The largest absolute Gasteiger partial charge is 0.469 e. The number of benzene rings is 1. The zero-order valence-corrected chi connectivity index (χ0v) is 11.8. The molecule has 0 bridgehead atoms. The monoisotopic (exact) mass is 307 g/mol. The van der Waals surface area contributed by atoms with Gasteiger partial charge in [-0.1, -0.05) is 16.8 Å². The number of furan rings is 1. The van der Waals surface area contributed by atoms with Gasteiger partial charge in [0.1, 0.15) is 5.76 Å². The van der Waals surface area contributed by atoms with E-state index in [2.05, 4.69) is 10.5 Å². The van der Waals surface area contributed by atoms with E-state index in [0.29, 0.717) is 22.7 Å². The van der Waals surface area contributed by atoms with Gasteiger partial charge in [-0.15, -0.1) is 0 Å². The van der Waals surface area contributed by atoms with Crippen molar-refractivity contribution in [1.82, 2.24) is 0 Å². The van der Waals surface area contributed by atoms with E-state index in [4.69, 9.17) is 27.0 Å². The fourth-order valence-electron chi connectivity index (χ4n) is 1.74. The van der Waals surface area contributed by atoms with Crippen molar-refractivity contribution in [2.75, 3.05) is 5.32 Å². The van der Waals surface area contributed by atoms with Crippen LogP contribution in [0.4, 0.5) is 5.69 Å². The van der Waals surface area contributed by atoms with Crippen LogP contribution in [0.1, 0.15) is 17.7 Å². The lowest BCUT2D eigenvalue weighted by molar-refractivity contribution is -0.116. The summed E-state index contributed by atoms with van der Waals surface area (Å²) in [4.78, 5) is 11.8. The molecule has 4 N–H and O–H groups in total. The van der Waals surface area contributed by atoms with Crippen molar-refractivity contribution < 1.29 is 14.4 Å². The summed E-state index contributed by atoms with van der Waals surface area (Å²) in [6.07, 6.45) is 2.36. The average molecular weight is 308 g/mol. The number of nitrogens with zero attached hydrogens (tertiary/aromatic N) is 1. The Morgan fingerprint density at radius 2 is 2.24 bits per heavy atom. The predicted octanol–water partition coefficient (Wildman–Crippen LogP) is 2.60. The Labute approximate surface area is 126 Å². The van der Waals surface area contributed by atoms with Crippen LogP contribution in [0.5, 0.6) is 0 Å². The maximum Gasteiger partial charge on any atom is 0.224 e. The van der Waals surface area contributed by atoms with E-state index in [0.717, 1.165) is 5.76 Å². The summed E-state index contributed by atoms with van der Waals surface area (Å²) < 4.78 is 5.16. The van der Waals surface area contributed by atoms with Crippen molar-refractivity contribution in [2.45, 2.75) is 12.8 Å². The van der Waals surface area contributed by atoms with Crippen LogP contribution in [0.2, 0.25) is 5.02 Å². The smallest absolute Gasteiger partial charge is 0.224 e. The molecule has 0 aliphatic rings. The van der Waals surface area contributed by atoms with Crippen LogP contribution in [0.15, 0.2) is 46.2 Å². The highest BCUT2D eigenvalue weighted by Gasteiger charge is 2.09. The number of hydrogen-bond donors (Lipinski definition) is 3. The van der Waals surface area contributed by atoms with Gasteiger partial charge in [0, 0.05) is 18.4 Å². The van der Waals surface area contributed by atoms with Gasteiger partial charge in [-0.3, -0.25) is 4.79 Å². The third-order valence-electron chi connectivity index (χ3n) is 2.83. The highest BCUT2D eigenvalue weighted by molar-refractivity contribution is 6.34. The number of hydrogen-bond acceptors (Lipinski definition) is 4. The second-order valence-electron chi connectivity index (χ2n) is 4.31. The van der Waals surface area contributed by atoms with Gasteiger partial charge in [-0.05, 0) is 30.3 Å². The molecule has 0 aliphatic carbocycles. The molecule has 2 rings (SSSR count). The molecule has 0 saturated carbocycles. The highest BCUT2D eigenvalue weighted by Crippen LogP contribution is 2.23. The van der Waals surface area contributed by atoms with Crippen molar-refractivity contribution in [3.05, 3.63) is 52.9 Å². The standard InChI is InChI=1S/C14H14ClN3O3/c15-11-8-9(14(16)18-20)3-5-12(11)17-13(19)6-4-10-2-1-7-21-10/h1-3,5,7-8,20H,4,6H2,(H2,16,18)(H,17,19). The second kappa shape index (κ2) is 6.81. The number of rotatable bonds is 5. The third kappa shape index (κ3) is 4.00. The van der Waals surface area contributed by atoms with Gasteiger partial charge in [0.2, 0.25) is 5.91 Å². The minimum absolute atomic E-state index is 0.0485. The van der Waals surface area contributed by atoms with Gasteiger partial charge in [0.25, 0.3) is 0 Å². The zero-order chi connectivity index (χ0) is 15.2. The van der Waals surface area contributed by atoms with E-state index in [1.165, 1.54) is 6.07 Å². The summed E-state index contributed by atoms with van der Waals surface area (Å²) >= 11 is 6.05. The lowest BCUT2D eigenvalue weighted by Gasteiger charge is -2.08. The summed E-state index contributed by atoms with van der Waals surface area (Å²) in [5, 5.41) is 14.5. The fourth-order valence-corrected chi connectivity index (χ4v) is 1.97. The molecule has 1 aromatic heterocycles. The maximum atomic E-state index is 11.8. The van der Waals surface area contributed by atoms with Gasteiger partial charge in [0.05, 0.1) is 17.0 Å². The predicted molar refractivity (Wildman–Crippen MR) is 79.6 cm³/mol. The quantitative estimate of drug-likeness (QED) is 0.342. The summed E-state index contributed by atoms with van der Waals surface area (Å²) in [5.74, 6) is 0.524. The molecule has 0 radical (unpaired) electrons. The van der Waals surface area contributed by atoms with E-state index in [-0.39, 0.29) is 18.2 Å². The molecular weight excluding hydrogens is 294 g/mol. The Bertz CT molecular complexity index is 653. The van der Waals surface area contributed by atoms with Crippen molar-refractivity contribution in [3.63, 3.8) is 0 Å². The van der Waals surface area contributed by atoms with E-state index in [9.17, 15) is 4.79 Å². The number of oxime groups is 1. The van der Waals surface area contributed by atoms with Crippen LogP contribution in [0, 0.1) is 0 Å². The van der Waals surface area contributed by atoms with Crippen molar-refractivity contribution in [2.24, 2.45) is 10.9 Å². The summed E-state index contributed by atoms with van der Waals surface area (Å²) in [6, 6.07) is 8.30. The topological polar surface area (TPSA) is 101 Å². The number of halogens is 1. The van der Waals surface area contributed by atoms with Gasteiger partial charge in [-0.2, -0.15) is 0 Å². The molecule has 0 unspecified atom stereocenters. The minimum Gasteiger partial charge on any atom is -0.469 e. The first-order chi connectivity index (χ1) is 10.1. The van der Waals surface area contributed by atoms with E-state index in [1.807, 2.05) is 6.07 Å². The Morgan fingerprint density at radius 1 is 1.43 bits per heavy atom. The van der Waals surface area contributed by atoms with Gasteiger partial charge in [-0.25, -0.2) is 0 Å². The Hall–Kier alpha value is -2.47. The number of carbonyl (C=O) groups is 1. The molecule has 0 aliphatic heterocycles. The van der Waals surface area contributed by atoms with E-state index >= 15 is 0 Å². The number of amides is 1. The number of nitrogens with one attached hydrogen (secondary N) is 1. The first-order valence-electron chi connectivity index (χ1n) is 6.20. The number of amidine groups is 1. The van der Waals surface area contributed by atoms with E-state index < -0.39 is 0 Å². The van der Waals surface area contributed by atoms with Crippen LogP contribution in [0.3, 0.4) is 0 Å². The highest BCUT2D eigenvalue weighted by atomic mass is 35.5. The lowest BCUT2D eigenvalue weighted by atomic mass is 10.2. The molecule has 0 saturated heterocycles. The lowest BCUT2D eigenvalue weighted by Crippen LogP contribution is -2.15. The molecule has 21 heavy (non-hydrogen) atoms. The van der Waals surface area contributed by atoms with Crippen LogP contribution < -0.4 is 11.1 Å². The molecule has 6 nitrogen and oxygen atoms in total. The summed E-state index contributed by atoms with van der Waals surface area (Å²) in [7, 11) is 0. The Balaban J connectivity index is 1.97. The van der Waals surface area contributed by atoms with Gasteiger partial charge >= 0.3 is 0 Å². The van der Waals surface area contributed by atoms with Crippen molar-refractivity contribution >= 4 is 29.0 Å². The molecule has 0 spiro atoms. The number of anilines is 1. The normalized spacial score (nSPS) is 11.4. The SMILES string of the molecule is N/C(=N/O)c1ccc(NC(=O)CCc2ccco2)c(Cl)c1. The molecule has 1 aromatic carbocycles. The Morgan fingerprint density at radius 3 is 2.86 bits per heavy atom. The van der Waals surface area contributed by atoms with Crippen LogP contribution in [0.25, 0.3) is 0 Å². The summed E-state index contributed by atoms with van der Waals surface area (Å²) in [5.41, 5.74) is 6.40. The van der Waals surface area contributed by atoms with Crippen LogP contribution >= 0.6 is 11.6 Å². The second-order valence-corrected chi connectivity index (χ2v) is 4.71. The number of carbonyl (C=O) groups excluding carboxylic acids is 1. The molecule has 1 heterocycles. The molecule has 110 valence electrons. The minimum atomic E-state index is -0.176.